The highest BCUT2D eigenvalue weighted by atomic mass is 16.5. The number of aliphatic imine (C=N–C) groups is 1. The third-order valence-corrected chi connectivity index (χ3v) is 7.34. The number of aromatic nitrogens is 2. The second kappa shape index (κ2) is 9.62. The number of fused-ring (bicyclic) bond motifs is 1. The third kappa shape index (κ3) is 4.94. The number of allylic oxidation sites excluding steroid dienone is 1. The van der Waals surface area contributed by atoms with Gasteiger partial charge in [-0.3, -0.25) is 4.99 Å². The molecule has 1 aliphatic heterocycles. The Morgan fingerprint density at radius 2 is 1.82 bits per heavy atom. The van der Waals surface area contributed by atoms with E-state index < -0.39 is 6.29 Å². The van der Waals surface area contributed by atoms with Crippen molar-refractivity contribution in [1.82, 2.24) is 9.97 Å². The summed E-state index contributed by atoms with van der Waals surface area (Å²) in [4.78, 5) is 13.1. The zero-order chi connectivity index (χ0) is 22.8. The van der Waals surface area contributed by atoms with E-state index in [-0.39, 0.29) is 5.92 Å². The predicted molar refractivity (Wildman–Crippen MR) is 133 cm³/mol. The van der Waals surface area contributed by atoms with Gasteiger partial charge in [0.2, 0.25) is 0 Å². The molecule has 3 N–H and O–H groups in total. The first-order valence-electron chi connectivity index (χ1n) is 12.3. The van der Waals surface area contributed by atoms with E-state index in [0.717, 1.165) is 60.2 Å². The zero-order valence-corrected chi connectivity index (χ0v) is 19.2. The minimum absolute atomic E-state index is 0.179. The van der Waals surface area contributed by atoms with E-state index in [9.17, 15) is 10.2 Å². The van der Waals surface area contributed by atoms with Gasteiger partial charge in [-0.2, -0.15) is 0 Å². The topological polar surface area (TPSA) is 81.5 Å². The van der Waals surface area contributed by atoms with Gasteiger partial charge < -0.3 is 15.2 Å². The quantitative estimate of drug-likeness (QED) is 0.456. The van der Waals surface area contributed by atoms with Gasteiger partial charge in [0, 0.05) is 6.42 Å². The largest absolute Gasteiger partial charge is 0.368 e. The molecule has 5 rings (SSSR count). The maximum Gasteiger partial charge on any atom is 0.151 e. The van der Waals surface area contributed by atoms with E-state index in [2.05, 4.69) is 66.5 Å². The fraction of sp³-hybridized carbons (Fsp3) is 0.429. The first kappa shape index (κ1) is 22.1. The van der Waals surface area contributed by atoms with Crippen LogP contribution in [0.5, 0.6) is 0 Å². The number of aryl methyl sites for hydroxylation is 1. The Bertz CT molecular complexity index is 1150. The van der Waals surface area contributed by atoms with Crippen LogP contribution < -0.4 is 0 Å². The van der Waals surface area contributed by atoms with Crippen LogP contribution in [0.25, 0.3) is 11.0 Å². The lowest BCUT2D eigenvalue weighted by Crippen LogP contribution is -2.18. The van der Waals surface area contributed by atoms with E-state index in [4.69, 9.17) is 9.98 Å². The van der Waals surface area contributed by atoms with Gasteiger partial charge in [0.15, 0.2) is 6.29 Å². The van der Waals surface area contributed by atoms with Crippen molar-refractivity contribution in [2.75, 3.05) is 6.54 Å². The second-order valence-corrected chi connectivity index (χ2v) is 9.57. The number of aliphatic hydroxyl groups is 2. The molecule has 0 radical (unpaired) electrons. The first-order chi connectivity index (χ1) is 16.1. The van der Waals surface area contributed by atoms with Crippen molar-refractivity contribution in [2.45, 2.75) is 63.6 Å². The van der Waals surface area contributed by atoms with Crippen molar-refractivity contribution in [1.29, 1.82) is 0 Å². The number of nitrogens with zero attached hydrogens (tertiary/aromatic N) is 2. The van der Waals surface area contributed by atoms with E-state index in [0.29, 0.717) is 24.8 Å². The summed E-state index contributed by atoms with van der Waals surface area (Å²) in [6.07, 6.45) is 9.08. The molecular weight excluding hydrogens is 410 g/mol. The van der Waals surface area contributed by atoms with Crippen LogP contribution in [0.2, 0.25) is 0 Å². The molecule has 2 aromatic carbocycles. The van der Waals surface area contributed by atoms with Gasteiger partial charge in [-0.1, -0.05) is 43.3 Å². The van der Waals surface area contributed by atoms with Gasteiger partial charge in [0.25, 0.3) is 0 Å². The van der Waals surface area contributed by atoms with E-state index in [1.807, 2.05) is 0 Å². The number of aliphatic hydroxyl groups excluding tert-OH is 1. The molecule has 3 aromatic rings. The van der Waals surface area contributed by atoms with Crippen LogP contribution in [0, 0.1) is 5.92 Å². The maximum absolute atomic E-state index is 9.21. The Morgan fingerprint density at radius 3 is 2.48 bits per heavy atom. The lowest BCUT2D eigenvalue weighted by atomic mass is 9.77. The second-order valence-electron chi connectivity index (χ2n) is 9.57. The Morgan fingerprint density at radius 1 is 1.03 bits per heavy atom. The molecule has 0 amide bonds. The molecule has 1 atom stereocenters. The average molecular weight is 444 g/mol. The average Bonchev–Trinajstić information content (AvgIpc) is 3.28. The summed E-state index contributed by atoms with van der Waals surface area (Å²) in [7, 11) is 0. The molecule has 1 fully saturated rings. The zero-order valence-electron chi connectivity index (χ0n) is 19.2. The highest BCUT2D eigenvalue weighted by molar-refractivity contribution is 6.09. The van der Waals surface area contributed by atoms with Crippen molar-refractivity contribution in [3.05, 3.63) is 77.1 Å². The number of hydrogen-bond acceptors (Lipinski definition) is 4. The van der Waals surface area contributed by atoms with Gasteiger partial charge in [-0.15, -0.1) is 0 Å². The normalized spacial score (nSPS) is 23.3. The number of dihydropyridines is 1. The number of hydrogen-bond donors (Lipinski definition) is 3. The number of rotatable bonds is 6. The molecule has 2 aliphatic rings. The Labute approximate surface area is 195 Å². The van der Waals surface area contributed by atoms with Gasteiger partial charge in [-0.05, 0) is 78.8 Å². The Kier molecular flexibility index (Phi) is 6.43. The van der Waals surface area contributed by atoms with E-state index in [1.165, 1.54) is 11.1 Å². The van der Waals surface area contributed by atoms with Crippen molar-refractivity contribution < 1.29 is 10.2 Å². The SMILES string of the molecule is CCc1ccc2nc(C3C=CC(c4ccc(C5CCC(CC(O)O)CC5)cc4)=NC3)[nH]c2c1. The minimum atomic E-state index is -1.17. The lowest BCUT2D eigenvalue weighted by Gasteiger charge is -2.29. The van der Waals surface area contributed by atoms with Gasteiger partial charge in [0.05, 0.1) is 29.2 Å². The highest BCUT2D eigenvalue weighted by Gasteiger charge is 2.24. The first-order valence-corrected chi connectivity index (χ1v) is 12.3. The molecule has 33 heavy (non-hydrogen) atoms. The molecule has 5 nitrogen and oxygen atoms in total. The van der Waals surface area contributed by atoms with Crippen LogP contribution >= 0.6 is 0 Å². The van der Waals surface area contributed by atoms with Gasteiger partial charge in [0.1, 0.15) is 5.82 Å². The van der Waals surface area contributed by atoms with Crippen molar-refractivity contribution in [2.24, 2.45) is 10.9 Å². The lowest BCUT2D eigenvalue weighted by molar-refractivity contribution is -0.0592. The van der Waals surface area contributed by atoms with Crippen LogP contribution in [-0.4, -0.2) is 38.7 Å². The summed E-state index contributed by atoms with van der Waals surface area (Å²) in [5.41, 5.74) is 7.00. The van der Waals surface area contributed by atoms with Crippen molar-refractivity contribution >= 4 is 16.7 Å². The van der Waals surface area contributed by atoms with Crippen LogP contribution in [0.4, 0.5) is 0 Å². The fourth-order valence-electron chi connectivity index (χ4n) is 5.31. The summed E-state index contributed by atoms with van der Waals surface area (Å²) in [5, 5.41) is 18.4. The molecule has 1 aromatic heterocycles. The number of nitrogens with one attached hydrogen (secondary N) is 1. The van der Waals surface area contributed by atoms with Crippen molar-refractivity contribution in [3.8, 4) is 0 Å². The monoisotopic (exact) mass is 443 g/mol. The summed E-state index contributed by atoms with van der Waals surface area (Å²) in [6.45, 7) is 2.87. The molecule has 1 aliphatic carbocycles. The van der Waals surface area contributed by atoms with E-state index in [1.54, 1.807) is 0 Å². The number of aromatic amines is 1. The molecule has 0 saturated heterocycles. The fourth-order valence-corrected chi connectivity index (χ4v) is 5.31. The molecule has 2 heterocycles. The third-order valence-electron chi connectivity index (χ3n) is 7.34. The van der Waals surface area contributed by atoms with Crippen LogP contribution in [-0.2, 0) is 6.42 Å². The molecule has 0 spiro atoms. The molecule has 1 saturated carbocycles. The number of imidazole rings is 1. The summed E-state index contributed by atoms with van der Waals surface area (Å²) in [5.74, 6) is 2.17. The Balaban J connectivity index is 1.21. The molecule has 172 valence electrons. The number of benzene rings is 2. The van der Waals surface area contributed by atoms with Crippen LogP contribution in [0.3, 0.4) is 0 Å². The van der Waals surface area contributed by atoms with Gasteiger partial charge in [-0.25, -0.2) is 4.98 Å². The van der Waals surface area contributed by atoms with Gasteiger partial charge >= 0.3 is 0 Å². The Hall–Kier alpha value is -2.76. The molecule has 0 bridgehead atoms. The maximum atomic E-state index is 9.21. The molecule has 1 unspecified atom stereocenters. The molecular formula is C28H33N3O2. The highest BCUT2D eigenvalue weighted by Crippen LogP contribution is 2.37. The van der Waals surface area contributed by atoms with Crippen LogP contribution in [0.1, 0.15) is 73.4 Å². The predicted octanol–water partition coefficient (Wildman–Crippen LogP) is 5.24. The van der Waals surface area contributed by atoms with E-state index >= 15 is 0 Å². The minimum Gasteiger partial charge on any atom is -0.368 e. The summed E-state index contributed by atoms with van der Waals surface area (Å²) >= 11 is 0. The van der Waals surface area contributed by atoms with Crippen molar-refractivity contribution in [3.63, 3.8) is 0 Å². The molecule has 5 heteroatoms. The number of H-pyrrole nitrogens is 1. The standard InChI is InChI=1S/C28H33N3O2/c1-2-18-5-13-25-26(15-18)31-28(30-25)23-12-14-24(29-17-23)22-10-8-21(9-11-22)20-6-3-19(4-7-20)16-27(32)33/h5,8-15,19-20,23,27,32-33H,2-4,6-7,16-17H2,1H3,(H,30,31). The summed E-state index contributed by atoms with van der Waals surface area (Å²) < 4.78 is 0. The smallest absolute Gasteiger partial charge is 0.151 e. The van der Waals surface area contributed by atoms with Crippen LogP contribution in [0.15, 0.2) is 59.6 Å². The summed E-state index contributed by atoms with van der Waals surface area (Å²) in [6, 6.07) is 15.3.